The molecule has 1 rings (SSSR count). The van der Waals surface area contributed by atoms with Crippen LogP contribution in [0.4, 0.5) is 0 Å². The maximum atomic E-state index is 11.3. The highest BCUT2D eigenvalue weighted by atomic mass is 16.3. The molecule has 0 heterocycles. The van der Waals surface area contributed by atoms with E-state index in [0.717, 1.165) is 0 Å². The van der Waals surface area contributed by atoms with Gasteiger partial charge in [0.2, 0.25) is 0 Å². The molecule has 0 saturated carbocycles. The summed E-state index contributed by atoms with van der Waals surface area (Å²) in [7, 11) is 0. The third-order valence-electron chi connectivity index (χ3n) is 2.01. The van der Waals surface area contributed by atoms with E-state index in [9.17, 15) is 9.90 Å². The Hall–Kier alpha value is -1.77. The van der Waals surface area contributed by atoms with Crippen LogP contribution in [0.5, 0.6) is 11.5 Å². The first-order valence-electron chi connectivity index (χ1n) is 4.74. The van der Waals surface area contributed by atoms with Crippen molar-refractivity contribution in [3.63, 3.8) is 0 Å². The number of benzene rings is 1. The molecule has 0 radical (unpaired) electrons. The summed E-state index contributed by atoms with van der Waals surface area (Å²) in [6.45, 7) is 3.64. The first kappa shape index (κ1) is 11.3. The monoisotopic (exact) mass is 206 g/mol. The lowest BCUT2D eigenvalue weighted by molar-refractivity contribution is -0.117. The predicted molar refractivity (Wildman–Crippen MR) is 58.7 cm³/mol. The normalized spacial score (nSPS) is 11.1. The quantitative estimate of drug-likeness (QED) is 0.589. The van der Waals surface area contributed by atoms with Gasteiger partial charge in [-0.15, -0.1) is 0 Å². The fourth-order valence-electron chi connectivity index (χ4n) is 1.01. The van der Waals surface area contributed by atoms with Crippen molar-refractivity contribution in [2.75, 3.05) is 0 Å². The summed E-state index contributed by atoms with van der Waals surface area (Å²) in [5, 5.41) is 18.3. The number of aromatic hydroxyl groups is 2. The van der Waals surface area contributed by atoms with Gasteiger partial charge in [0.15, 0.2) is 17.3 Å². The van der Waals surface area contributed by atoms with Crippen LogP contribution in [0.15, 0.2) is 24.3 Å². The zero-order chi connectivity index (χ0) is 11.4. The van der Waals surface area contributed by atoms with E-state index in [-0.39, 0.29) is 23.2 Å². The van der Waals surface area contributed by atoms with Gasteiger partial charge in [0.05, 0.1) is 0 Å². The lowest BCUT2D eigenvalue weighted by atomic mass is 10.1. The van der Waals surface area contributed by atoms with Gasteiger partial charge in [0.1, 0.15) is 0 Å². The topological polar surface area (TPSA) is 57.5 Å². The number of carbonyl (C=O) groups excluding carboxylic acids is 1. The number of ketones is 1. The Kier molecular flexibility index (Phi) is 3.50. The second kappa shape index (κ2) is 4.64. The molecule has 15 heavy (non-hydrogen) atoms. The average molecular weight is 206 g/mol. The average Bonchev–Trinajstić information content (AvgIpc) is 2.19. The van der Waals surface area contributed by atoms with Crippen LogP contribution >= 0.6 is 0 Å². The first-order valence-corrected chi connectivity index (χ1v) is 4.74. The highest BCUT2D eigenvalue weighted by Gasteiger charge is 2.02. The van der Waals surface area contributed by atoms with E-state index >= 15 is 0 Å². The molecule has 1 aromatic carbocycles. The number of rotatable bonds is 3. The van der Waals surface area contributed by atoms with Gasteiger partial charge in [-0.1, -0.05) is 26.0 Å². The number of hydrogen-bond donors (Lipinski definition) is 2. The first-order chi connectivity index (χ1) is 7.00. The second-order valence-electron chi connectivity index (χ2n) is 3.64. The van der Waals surface area contributed by atoms with Gasteiger partial charge >= 0.3 is 0 Å². The van der Waals surface area contributed by atoms with Crippen LogP contribution in [0.25, 0.3) is 6.08 Å². The zero-order valence-electron chi connectivity index (χ0n) is 8.77. The van der Waals surface area contributed by atoms with Crippen molar-refractivity contribution in [3.8, 4) is 11.5 Å². The standard InChI is InChI=1S/C12H14O3/c1-8(2)10(13)5-3-9-4-6-11(14)12(15)7-9/h3-8,14-15H,1-2H3. The summed E-state index contributed by atoms with van der Waals surface area (Å²) in [4.78, 5) is 11.3. The van der Waals surface area contributed by atoms with Crippen LogP contribution in [-0.4, -0.2) is 16.0 Å². The molecular weight excluding hydrogens is 192 g/mol. The van der Waals surface area contributed by atoms with E-state index in [1.54, 1.807) is 12.1 Å². The highest BCUT2D eigenvalue weighted by Crippen LogP contribution is 2.25. The Balaban J connectivity index is 2.81. The van der Waals surface area contributed by atoms with E-state index in [1.807, 2.05) is 13.8 Å². The number of phenols is 2. The highest BCUT2D eigenvalue weighted by molar-refractivity contribution is 5.94. The van der Waals surface area contributed by atoms with Gasteiger partial charge in [-0.05, 0) is 23.8 Å². The molecule has 0 amide bonds. The molecule has 0 aromatic heterocycles. The van der Waals surface area contributed by atoms with Crippen molar-refractivity contribution in [1.29, 1.82) is 0 Å². The SMILES string of the molecule is CC(C)C(=O)C=Cc1ccc(O)c(O)c1. The van der Waals surface area contributed by atoms with Crippen LogP contribution in [0.3, 0.4) is 0 Å². The minimum atomic E-state index is -0.186. The molecule has 3 heteroatoms. The molecular formula is C12H14O3. The second-order valence-corrected chi connectivity index (χ2v) is 3.64. The third-order valence-corrected chi connectivity index (χ3v) is 2.01. The van der Waals surface area contributed by atoms with Crippen molar-refractivity contribution in [1.82, 2.24) is 0 Å². The molecule has 80 valence electrons. The van der Waals surface area contributed by atoms with Gasteiger partial charge in [0, 0.05) is 5.92 Å². The van der Waals surface area contributed by atoms with E-state index in [0.29, 0.717) is 5.56 Å². The van der Waals surface area contributed by atoms with Crippen LogP contribution in [-0.2, 0) is 4.79 Å². The van der Waals surface area contributed by atoms with Crippen LogP contribution < -0.4 is 0 Å². The van der Waals surface area contributed by atoms with Gasteiger partial charge in [0.25, 0.3) is 0 Å². The molecule has 0 saturated heterocycles. The number of phenolic OH excluding ortho intramolecular Hbond substituents is 2. The molecule has 3 nitrogen and oxygen atoms in total. The Morgan fingerprint density at radius 2 is 1.93 bits per heavy atom. The maximum absolute atomic E-state index is 11.3. The van der Waals surface area contributed by atoms with Crippen LogP contribution in [0.2, 0.25) is 0 Å². The summed E-state index contributed by atoms with van der Waals surface area (Å²) < 4.78 is 0. The molecule has 0 aliphatic carbocycles. The molecule has 0 spiro atoms. The Morgan fingerprint density at radius 3 is 2.47 bits per heavy atom. The zero-order valence-corrected chi connectivity index (χ0v) is 8.77. The minimum absolute atomic E-state index is 0.0302. The Morgan fingerprint density at radius 1 is 1.27 bits per heavy atom. The summed E-state index contributed by atoms with van der Waals surface area (Å²) in [5.41, 5.74) is 0.680. The molecule has 2 N–H and O–H groups in total. The molecule has 0 atom stereocenters. The largest absolute Gasteiger partial charge is 0.504 e. The predicted octanol–water partition coefficient (Wildman–Crippen LogP) is 2.34. The van der Waals surface area contributed by atoms with Crippen molar-refractivity contribution in [2.24, 2.45) is 5.92 Å². The lowest BCUT2D eigenvalue weighted by Gasteiger charge is -1.99. The van der Waals surface area contributed by atoms with Gasteiger partial charge in [-0.25, -0.2) is 0 Å². The Bertz CT molecular complexity index is 392. The third kappa shape index (κ3) is 3.13. The molecule has 0 fully saturated rings. The number of allylic oxidation sites excluding steroid dienone is 1. The molecule has 1 aromatic rings. The van der Waals surface area contributed by atoms with Crippen molar-refractivity contribution in [2.45, 2.75) is 13.8 Å². The van der Waals surface area contributed by atoms with Gasteiger partial charge in [-0.3, -0.25) is 4.79 Å². The number of carbonyl (C=O) groups is 1. The molecule has 0 aliphatic rings. The molecule has 0 bridgehead atoms. The van der Waals surface area contributed by atoms with Crippen molar-refractivity contribution >= 4 is 11.9 Å². The minimum Gasteiger partial charge on any atom is -0.504 e. The fraction of sp³-hybridized carbons (Fsp3) is 0.250. The van der Waals surface area contributed by atoms with E-state index in [2.05, 4.69) is 0 Å². The van der Waals surface area contributed by atoms with Crippen LogP contribution in [0.1, 0.15) is 19.4 Å². The lowest BCUT2D eigenvalue weighted by Crippen LogP contribution is -2.01. The van der Waals surface area contributed by atoms with E-state index in [1.165, 1.54) is 18.2 Å². The summed E-state index contributed by atoms with van der Waals surface area (Å²) in [6, 6.07) is 4.41. The fourth-order valence-corrected chi connectivity index (χ4v) is 1.01. The van der Waals surface area contributed by atoms with Gasteiger partial charge < -0.3 is 10.2 Å². The van der Waals surface area contributed by atoms with Crippen LogP contribution in [0, 0.1) is 5.92 Å². The van der Waals surface area contributed by atoms with Gasteiger partial charge in [-0.2, -0.15) is 0 Å². The van der Waals surface area contributed by atoms with E-state index < -0.39 is 0 Å². The summed E-state index contributed by atoms with van der Waals surface area (Å²) >= 11 is 0. The summed E-state index contributed by atoms with van der Waals surface area (Å²) in [6.07, 6.45) is 3.08. The van der Waals surface area contributed by atoms with Crippen molar-refractivity contribution in [3.05, 3.63) is 29.8 Å². The Labute approximate surface area is 88.7 Å². The summed E-state index contributed by atoms with van der Waals surface area (Å²) in [5.74, 6) is -0.356. The molecule has 0 unspecified atom stereocenters. The maximum Gasteiger partial charge on any atom is 0.158 e. The van der Waals surface area contributed by atoms with E-state index in [4.69, 9.17) is 5.11 Å². The molecule has 0 aliphatic heterocycles. The smallest absolute Gasteiger partial charge is 0.158 e. The van der Waals surface area contributed by atoms with Crippen molar-refractivity contribution < 1.29 is 15.0 Å². The number of hydrogen-bond acceptors (Lipinski definition) is 3.